The van der Waals surface area contributed by atoms with Crippen molar-refractivity contribution in [2.24, 2.45) is 7.05 Å². The van der Waals surface area contributed by atoms with Gasteiger partial charge in [-0.05, 0) is 26.0 Å². The molecule has 2 aromatic heterocycles. The number of amides is 1. The third-order valence-corrected chi connectivity index (χ3v) is 3.99. The minimum atomic E-state index is -0.126. The fraction of sp³-hybridized carbons (Fsp3) is 0.312. The fourth-order valence-corrected chi connectivity index (χ4v) is 2.59. The van der Waals surface area contributed by atoms with Gasteiger partial charge in [0.25, 0.3) is 5.91 Å². The molecule has 114 valence electrons. The van der Waals surface area contributed by atoms with E-state index < -0.39 is 0 Å². The van der Waals surface area contributed by atoms with E-state index in [4.69, 9.17) is 0 Å². The van der Waals surface area contributed by atoms with Crippen molar-refractivity contribution in [2.45, 2.75) is 20.4 Å². The smallest absolute Gasteiger partial charge is 0.289 e. The summed E-state index contributed by atoms with van der Waals surface area (Å²) in [7, 11) is 3.69. The summed E-state index contributed by atoms with van der Waals surface area (Å²) < 4.78 is 1.84. The second-order valence-corrected chi connectivity index (χ2v) is 5.54. The summed E-state index contributed by atoms with van der Waals surface area (Å²) >= 11 is 0. The molecule has 0 atom stereocenters. The van der Waals surface area contributed by atoms with Crippen LogP contribution in [0.4, 0.5) is 0 Å². The van der Waals surface area contributed by atoms with Gasteiger partial charge in [-0.3, -0.25) is 9.48 Å². The first kappa shape index (κ1) is 14.3. The van der Waals surface area contributed by atoms with Gasteiger partial charge in [0.1, 0.15) is 0 Å². The van der Waals surface area contributed by atoms with Crippen molar-refractivity contribution in [1.82, 2.24) is 24.6 Å². The van der Waals surface area contributed by atoms with Crippen molar-refractivity contribution in [2.75, 3.05) is 7.05 Å². The molecule has 0 spiro atoms. The molecule has 0 aliphatic heterocycles. The third-order valence-electron chi connectivity index (χ3n) is 3.99. The Morgan fingerprint density at radius 3 is 2.68 bits per heavy atom. The average molecular weight is 297 g/mol. The molecule has 0 radical (unpaired) electrons. The van der Waals surface area contributed by atoms with E-state index in [0.717, 1.165) is 28.0 Å². The van der Waals surface area contributed by atoms with Gasteiger partial charge in [-0.15, -0.1) is 0 Å². The number of rotatable bonds is 3. The Hall–Kier alpha value is -2.63. The number of hydrogen-bond donors (Lipinski definition) is 1. The minimum Gasteiger partial charge on any atom is -0.335 e. The maximum absolute atomic E-state index is 12.6. The molecule has 22 heavy (non-hydrogen) atoms. The molecule has 0 saturated carbocycles. The molecule has 3 rings (SSSR count). The van der Waals surface area contributed by atoms with Crippen molar-refractivity contribution in [3.05, 3.63) is 47.0 Å². The molecule has 0 bridgehead atoms. The van der Waals surface area contributed by atoms with Gasteiger partial charge < -0.3 is 9.88 Å². The highest BCUT2D eigenvalue weighted by Gasteiger charge is 2.19. The summed E-state index contributed by atoms with van der Waals surface area (Å²) in [6.45, 7) is 4.48. The van der Waals surface area contributed by atoms with Gasteiger partial charge in [-0.25, -0.2) is 4.98 Å². The van der Waals surface area contributed by atoms with Crippen LogP contribution in [0.3, 0.4) is 0 Å². The average Bonchev–Trinajstić information content (AvgIpc) is 3.03. The van der Waals surface area contributed by atoms with Gasteiger partial charge in [-0.1, -0.05) is 12.1 Å². The molecule has 0 fully saturated rings. The lowest BCUT2D eigenvalue weighted by Gasteiger charge is -2.16. The third kappa shape index (κ3) is 2.36. The number of aryl methyl sites for hydroxylation is 2. The van der Waals surface area contributed by atoms with Crippen LogP contribution < -0.4 is 0 Å². The Morgan fingerprint density at radius 1 is 1.32 bits per heavy atom. The van der Waals surface area contributed by atoms with Gasteiger partial charge in [0, 0.05) is 31.9 Å². The minimum absolute atomic E-state index is 0.126. The molecule has 2 heterocycles. The second-order valence-electron chi connectivity index (χ2n) is 5.54. The van der Waals surface area contributed by atoms with Crippen molar-refractivity contribution < 1.29 is 4.79 Å². The lowest BCUT2D eigenvalue weighted by molar-refractivity contribution is 0.0774. The van der Waals surface area contributed by atoms with Gasteiger partial charge in [-0.2, -0.15) is 5.10 Å². The fourth-order valence-electron chi connectivity index (χ4n) is 2.59. The zero-order chi connectivity index (χ0) is 15.9. The number of H-pyrrole nitrogens is 1. The van der Waals surface area contributed by atoms with E-state index in [1.54, 1.807) is 11.9 Å². The molecule has 6 heteroatoms. The number of benzene rings is 1. The van der Waals surface area contributed by atoms with Crippen LogP contribution in [0, 0.1) is 13.8 Å². The highest BCUT2D eigenvalue weighted by Crippen LogP contribution is 2.16. The summed E-state index contributed by atoms with van der Waals surface area (Å²) in [5, 5.41) is 4.39. The van der Waals surface area contributed by atoms with E-state index in [-0.39, 0.29) is 5.91 Å². The Bertz CT molecular complexity index is 812. The van der Waals surface area contributed by atoms with Crippen LogP contribution in [0.5, 0.6) is 0 Å². The van der Waals surface area contributed by atoms with Gasteiger partial charge in [0.05, 0.1) is 16.7 Å². The number of nitrogens with zero attached hydrogens (tertiary/aromatic N) is 4. The van der Waals surface area contributed by atoms with Crippen LogP contribution in [0.15, 0.2) is 24.3 Å². The van der Waals surface area contributed by atoms with Crippen molar-refractivity contribution in [1.29, 1.82) is 0 Å². The lowest BCUT2D eigenvalue weighted by atomic mass is 10.2. The largest absolute Gasteiger partial charge is 0.335 e. The predicted molar refractivity (Wildman–Crippen MR) is 84.6 cm³/mol. The standard InChI is InChI=1S/C16H19N5O/c1-10-12(11(2)21(4)19-10)9-20(3)16(22)15-17-13-7-5-6-8-14(13)18-15/h5-8H,9H2,1-4H3,(H,17,18). The maximum Gasteiger partial charge on any atom is 0.289 e. The summed E-state index contributed by atoms with van der Waals surface area (Å²) in [4.78, 5) is 21.6. The predicted octanol–water partition coefficient (Wildman–Crippen LogP) is 2.19. The van der Waals surface area contributed by atoms with Crippen molar-refractivity contribution in [3.8, 4) is 0 Å². The number of aromatic nitrogens is 4. The Kier molecular flexibility index (Phi) is 3.44. The van der Waals surface area contributed by atoms with Crippen LogP contribution in [-0.4, -0.2) is 37.6 Å². The zero-order valence-electron chi connectivity index (χ0n) is 13.2. The molecule has 0 aliphatic carbocycles. The van der Waals surface area contributed by atoms with Crippen LogP contribution in [0.1, 0.15) is 27.6 Å². The normalized spacial score (nSPS) is 11.1. The Balaban J connectivity index is 1.85. The van der Waals surface area contributed by atoms with E-state index in [1.165, 1.54) is 0 Å². The quantitative estimate of drug-likeness (QED) is 0.806. The van der Waals surface area contributed by atoms with Crippen LogP contribution in [-0.2, 0) is 13.6 Å². The number of fused-ring (bicyclic) bond motifs is 1. The van der Waals surface area contributed by atoms with Crippen molar-refractivity contribution >= 4 is 16.9 Å². The molecule has 0 unspecified atom stereocenters. The molecule has 1 aromatic carbocycles. The summed E-state index contributed by atoms with van der Waals surface area (Å²) in [5.41, 5.74) is 4.77. The number of carbonyl (C=O) groups is 1. The first-order chi connectivity index (χ1) is 10.5. The number of nitrogens with one attached hydrogen (secondary N) is 1. The van der Waals surface area contributed by atoms with Gasteiger partial charge in [0.15, 0.2) is 5.82 Å². The van der Waals surface area contributed by atoms with Crippen molar-refractivity contribution in [3.63, 3.8) is 0 Å². The summed E-state index contributed by atoms with van der Waals surface area (Å²) in [5.74, 6) is 0.238. The summed E-state index contributed by atoms with van der Waals surface area (Å²) in [6, 6.07) is 7.62. The molecular formula is C16H19N5O. The van der Waals surface area contributed by atoms with E-state index in [1.807, 2.05) is 49.8 Å². The molecule has 1 N–H and O–H groups in total. The van der Waals surface area contributed by atoms with Gasteiger partial charge >= 0.3 is 0 Å². The SMILES string of the molecule is Cc1nn(C)c(C)c1CN(C)C(=O)c1nc2ccccc2[nH]1. The maximum atomic E-state index is 12.6. The van der Waals surface area contributed by atoms with E-state index >= 15 is 0 Å². The first-order valence-corrected chi connectivity index (χ1v) is 7.16. The molecule has 0 aliphatic rings. The highest BCUT2D eigenvalue weighted by atomic mass is 16.2. The van der Waals surface area contributed by atoms with Crippen LogP contribution in [0.2, 0.25) is 0 Å². The number of para-hydroxylation sites is 2. The number of aromatic amines is 1. The van der Waals surface area contributed by atoms with E-state index in [2.05, 4.69) is 15.1 Å². The van der Waals surface area contributed by atoms with E-state index in [9.17, 15) is 4.79 Å². The zero-order valence-corrected chi connectivity index (χ0v) is 13.2. The highest BCUT2D eigenvalue weighted by molar-refractivity contribution is 5.94. The first-order valence-electron chi connectivity index (χ1n) is 7.16. The lowest BCUT2D eigenvalue weighted by Crippen LogP contribution is -2.27. The molecule has 6 nitrogen and oxygen atoms in total. The number of carbonyl (C=O) groups excluding carboxylic acids is 1. The molecule has 1 amide bonds. The molecule has 3 aromatic rings. The monoisotopic (exact) mass is 297 g/mol. The summed E-state index contributed by atoms with van der Waals surface area (Å²) in [6.07, 6.45) is 0. The number of imidazole rings is 1. The van der Waals surface area contributed by atoms with Crippen LogP contribution >= 0.6 is 0 Å². The Morgan fingerprint density at radius 2 is 2.05 bits per heavy atom. The number of hydrogen-bond acceptors (Lipinski definition) is 3. The molecular weight excluding hydrogens is 278 g/mol. The molecule has 0 saturated heterocycles. The Labute approximate surface area is 128 Å². The second kappa shape index (κ2) is 5.29. The van der Waals surface area contributed by atoms with Gasteiger partial charge in [0.2, 0.25) is 0 Å². The topological polar surface area (TPSA) is 66.8 Å². The van der Waals surface area contributed by atoms with E-state index in [0.29, 0.717) is 12.4 Å². The van der Waals surface area contributed by atoms with Crippen LogP contribution in [0.25, 0.3) is 11.0 Å².